The highest BCUT2D eigenvalue weighted by Gasteiger charge is 2.27. The van der Waals surface area contributed by atoms with Crippen LogP contribution in [0.5, 0.6) is 5.75 Å². The monoisotopic (exact) mass is 657 g/mol. The van der Waals surface area contributed by atoms with Crippen molar-refractivity contribution >= 4 is 50.9 Å². The molecule has 6 aromatic rings. The lowest BCUT2D eigenvalue weighted by atomic mass is 9.97. The van der Waals surface area contributed by atoms with Crippen LogP contribution in [0, 0.1) is 11.6 Å². The van der Waals surface area contributed by atoms with Crippen LogP contribution >= 0.6 is 0 Å². The van der Waals surface area contributed by atoms with Crippen molar-refractivity contribution in [2.45, 2.75) is 18.6 Å². The molecular weight excluding hydrogens is 628 g/mol. The number of ether oxygens (including phenoxy) is 1. The van der Waals surface area contributed by atoms with Gasteiger partial charge in [0.05, 0.1) is 29.2 Å². The maximum absolute atomic E-state index is 13.9. The Labute approximate surface area is 270 Å². The minimum atomic E-state index is -1.65. The number of anilines is 1. The zero-order valence-corrected chi connectivity index (χ0v) is 26.6. The molecule has 0 aliphatic rings. The van der Waals surface area contributed by atoms with Gasteiger partial charge in [-0.25, -0.2) is 18.0 Å². The first-order valence-corrected chi connectivity index (χ1v) is 15.7. The Kier molecular flexibility index (Phi) is 8.61. The Hall–Kier alpha value is -5.36. The first-order chi connectivity index (χ1) is 22.6. The molecule has 47 heavy (non-hydrogen) atoms. The number of aromatic nitrogens is 1. The molecule has 1 N–H and O–H groups in total. The molecule has 0 radical (unpaired) electrons. The van der Waals surface area contributed by atoms with Crippen molar-refractivity contribution in [2.24, 2.45) is 0 Å². The zero-order valence-electron chi connectivity index (χ0n) is 25.8. The second-order valence-corrected chi connectivity index (χ2v) is 12.7. The highest BCUT2D eigenvalue weighted by molar-refractivity contribution is 7.87. The van der Waals surface area contributed by atoms with Gasteiger partial charge in [0.1, 0.15) is 51.5 Å². The van der Waals surface area contributed by atoms with E-state index in [1.54, 1.807) is 48.6 Å². The van der Waals surface area contributed by atoms with Gasteiger partial charge in [0.25, 0.3) is 5.91 Å². The van der Waals surface area contributed by atoms with E-state index >= 15 is 0 Å². The van der Waals surface area contributed by atoms with E-state index < -0.39 is 33.8 Å². The normalized spacial score (nSPS) is 12.6. The highest BCUT2D eigenvalue weighted by Crippen LogP contribution is 2.43. The zero-order chi connectivity index (χ0) is 33.4. The number of hydrogen-bond donors (Lipinski definition) is 1. The van der Waals surface area contributed by atoms with E-state index in [-0.39, 0.29) is 29.2 Å². The predicted octanol–water partition coefficient (Wildman–Crippen LogP) is 7.30. The van der Waals surface area contributed by atoms with E-state index in [4.69, 9.17) is 13.6 Å². The van der Waals surface area contributed by atoms with Gasteiger partial charge in [0.2, 0.25) is 5.89 Å². The van der Waals surface area contributed by atoms with Crippen LogP contribution in [0.3, 0.4) is 0 Å². The number of nitrogens with zero attached hydrogens (tertiary/aromatic N) is 2. The maximum Gasteiger partial charge on any atom is 0.255 e. The van der Waals surface area contributed by atoms with Crippen LogP contribution in [0.15, 0.2) is 81.6 Å². The van der Waals surface area contributed by atoms with Crippen LogP contribution in [-0.4, -0.2) is 47.8 Å². The van der Waals surface area contributed by atoms with E-state index in [0.717, 1.165) is 6.29 Å². The van der Waals surface area contributed by atoms with Gasteiger partial charge < -0.3 is 23.7 Å². The van der Waals surface area contributed by atoms with Gasteiger partial charge >= 0.3 is 0 Å². The van der Waals surface area contributed by atoms with E-state index in [1.165, 1.54) is 56.6 Å². The number of aldehydes is 1. The molecule has 12 heteroatoms. The second kappa shape index (κ2) is 12.8. The second-order valence-electron chi connectivity index (χ2n) is 10.8. The number of furan rings is 1. The van der Waals surface area contributed by atoms with Crippen molar-refractivity contribution in [2.75, 3.05) is 25.5 Å². The fourth-order valence-electron chi connectivity index (χ4n) is 5.42. The van der Waals surface area contributed by atoms with Crippen LogP contribution in [0.2, 0.25) is 0 Å². The molecule has 0 saturated heterocycles. The molecule has 0 fully saturated rings. The third kappa shape index (κ3) is 5.87. The quantitative estimate of drug-likeness (QED) is 0.154. The van der Waals surface area contributed by atoms with Crippen molar-refractivity contribution in [3.8, 4) is 39.7 Å². The molecule has 0 saturated carbocycles. The number of halogens is 2. The predicted molar refractivity (Wildman–Crippen MR) is 177 cm³/mol. The minimum absolute atomic E-state index is 0.0792. The number of hydrogen-bond acceptors (Lipinski definition) is 7. The first kappa shape index (κ1) is 31.6. The van der Waals surface area contributed by atoms with Crippen LogP contribution in [0.1, 0.15) is 23.7 Å². The largest absolute Gasteiger partial charge is 0.496 e. The van der Waals surface area contributed by atoms with Crippen molar-refractivity contribution in [3.63, 3.8) is 0 Å². The standard InChI is InChI=1S/C35H29F2N3O6S/c1-19(13-14-41)47(43)40(3)28-18-30-25(32(34(42)38-2)33(45-30)20-5-8-22(36)9-6-20)17-24(28)21-7-12-29(44-4)26(15-21)35-39-27-11-10-23(37)16-31(27)46-35/h5-12,14-19H,13H2,1-4H3,(H,38,42). The van der Waals surface area contributed by atoms with Crippen LogP contribution in [-0.2, 0) is 15.8 Å². The molecule has 2 heterocycles. The molecule has 1 amide bonds. The summed E-state index contributed by atoms with van der Waals surface area (Å²) in [5.41, 5.74) is 3.88. The molecule has 9 nitrogen and oxygen atoms in total. The molecule has 0 bridgehead atoms. The van der Waals surface area contributed by atoms with Crippen LogP contribution < -0.4 is 14.4 Å². The number of rotatable bonds is 10. The van der Waals surface area contributed by atoms with Crippen molar-refractivity contribution in [1.82, 2.24) is 10.3 Å². The number of carbonyl (C=O) groups is 2. The van der Waals surface area contributed by atoms with Crippen molar-refractivity contribution in [3.05, 3.63) is 90.0 Å². The summed E-state index contributed by atoms with van der Waals surface area (Å²) in [6.07, 6.45) is 0.801. The van der Waals surface area contributed by atoms with Crippen LogP contribution in [0.25, 0.3) is 56.0 Å². The van der Waals surface area contributed by atoms with Gasteiger partial charge in [-0.15, -0.1) is 0 Å². The fraction of sp³-hybridized carbons (Fsp3) is 0.171. The minimum Gasteiger partial charge on any atom is -0.496 e. The number of methoxy groups -OCH3 is 1. The SMILES string of the molecule is CNC(=O)c1c(-c2ccc(F)cc2)oc2cc(N(C)S(=O)C(C)CC=O)c(-c3ccc(OC)c(-c4nc5ccc(F)cc5o4)c3)cc12. The Morgan fingerprint density at radius 3 is 2.40 bits per heavy atom. The number of amides is 1. The summed E-state index contributed by atoms with van der Waals surface area (Å²) in [6, 6.07) is 18.4. The van der Waals surface area contributed by atoms with Gasteiger partial charge in [0, 0.05) is 49.2 Å². The lowest BCUT2D eigenvalue weighted by molar-refractivity contribution is -0.107. The van der Waals surface area contributed by atoms with E-state index in [2.05, 4.69) is 10.3 Å². The van der Waals surface area contributed by atoms with E-state index in [9.17, 15) is 22.6 Å². The molecule has 2 atom stereocenters. The van der Waals surface area contributed by atoms with E-state index in [1.807, 2.05) is 0 Å². The summed E-state index contributed by atoms with van der Waals surface area (Å²) in [4.78, 5) is 29.1. The number of carbonyl (C=O) groups excluding carboxylic acids is 2. The van der Waals surface area contributed by atoms with Gasteiger partial charge in [-0.3, -0.25) is 9.10 Å². The lowest BCUT2D eigenvalue weighted by Gasteiger charge is -2.24. The maximum atomic E-state index is 13.9. The van der Waals surface area contributed by atoms with Gasteiger partial charge in [-0.05, 0) is 67.1 Å². The van der Waals surface area contributed by atoms with Gasteiger partial charge in [0.15, 0.2) is 5.58 Å². The number of fused-ring (bicyclic) bond motifs is 2. The Morgan fingerprint density at radius 2 is 1.70 bits per heavy atom. The summed E-state index contributed by atoms with van der Waals surface area (Å²) in [5, 5.41) is 2.61. The molecule has 4 aromatic carbocycles. The summed E-state index contributed by atoms with van der Waals surface area (Å²) in [5.74, 6) is -0.471. The van der Waals surface area contributed by atoms with Crippen molar-refractivity contribution in [1.29, 1.82) is 0 Å². The lowest BCUT2D eigenvalue weighted by Crippen LogP contribution is -2.29. The Morgan fingerprint density at radius 1 is 0.979 bits per heavy atom. The smallest absolute Gasteiger partial charge is 0.255 e. The molecule has 6 rings (SSSR count). The molecule has 0 aliphatic heterocycles. The first-order valence-electron chi connectivity index (χ1n) is 14.5. The van der Waals surface area contributed by atoms with Gasteiger partial charge in [-0.2, -0.15) is 0 Å². The molecule has 0 aliphatic carbocycles. The topological polar surface area (TPSA) is 115 Å². The average molecular weight is 658 g/mol. The Bertz CT molecular complexity index is 2180. The summed E-state index contributed by atoms with van der Waals surface area (Å²) in [7, 11) is 3.00. The van der Waals surface area contributed by atoms with Crippen molar-refractivity contribution < 1.29 is 36.1 Å². The van der Waals surface area contributed by atoms with Crippen LogP contribution in [0.4, 0.5) is 14.5 Å². The highest BCUT2D eigenvalue weighted by atomic mass is 32.2. The van der Waals surface area contributed by atoms with E-state index in [0.29, 0.717) is 50.2 Å². The number of oxazole rings is 1. The molecular formula is C35H29F2N3O6S. The summed E-state index contributed by atoms with van der Waals surface area (Å²) < 4.78 is 60.7. The molecule has 2 unspecified atom stereocenters. The number of nitrogens with one attached hydrogen (secondary N) is 1. The average Bonchev–Trinajstić information content (AvgIpc) is 3.67. The third-order valence-electron chi connectivity index (χ3n) is 7.84. The summed E-state index contributed by atoms with van der Waals surface area (Å²) >= 11 is 0. The molecule has 2 aromatic heterocycles. The third-order valence-corrected chi connectivity index (χ3v) is 9.46. The molecule has 0 spiro atoms. The Balaban J connectivity index is 1.61. The molecule has 240 valence electrons. The fourth-order valence-corrected chi connectivity index (χ4v) is 6.55. The number of benzene rings is 4. The van der Waals surface area contributed by atoms with Gasteiger partial charge in [-0.1, -0.05) is 6.07 Å². The summed E-state index contributed by atoms with van der Waals surface area (Å²) in [6.45, 7) is 1.71.